The molecule has 1 amide bonds. The van der Waals surface area contributed by atoms with Gasteiger partial charge in [0.1, 0.15) is 0 Å². The third-order valence-corrected chi connectivity index (χ3v) is 7.70. The summed E-state index contributed by atoms with van der Waals surface area (Å²) in [5, 5.41) is 0.693. The Morgan fingerprint density at radius 3 is 2.43 bits per heavy atom. The molecule has 1 aliphatic heterocycles. The standard InChI is InChI=1S/C27H28N4OS3/c1-19(30(2)23-11-7-8-12-24(23)33)25-26(32)31(18-17-20-9-5-4-6-10-20)27(35-25)28-21-13-15-22(16-14-21)29-34-3/h4-16,29,33H,17-18H2,1-3H3/b25-19+,28-27?. The smallest absolute Gasteiger partial charge is 0.268 e. The van der Waals surface area contributed by atoms with Crippen LogP contribution in [0, 0.1) is 0 Å². The Labute approximate surface area is 221 Å². The van der Waals surface area contributed by atoms with Crippen molar-refractivity contribution in [3.05, 3.63) is 95.0 Å². The van der Waals surface area contributed by atoms with Gasteiger partial charge in [-0.3, -0.25) is 9.69 Å². The Bertz CT molecular complexity index is 1240. The topological polar surface area (TPSA) is 47.9 Å². The number of anilines is 2. The summed E-state index contributed by atoms with van der Waals surface area (Å²) >= 11 is 7.57. The molecule has 0 unspecified atom stereocenters. The van der Waals surface area contributed by atoms with Crippen LogP contribution in [0.2, 0.25) is 0 Å². The van der Waals surface area contributed by atoms with Crippen LogP contribution in [0.4, 0.5) is 17.1 Å². The van der Waals surface area contributed by atoms with E-state index in [1.54, 1.807) is 16.8 Å². The lowest BCUT2D eigenvalue weighted by Gasteiger charge is -2.22. The number of allylic oxidation sites excluding steroid dienone is 1. The molecule has 4 rings (SSSR count). The molecular weight excluding hydrogens is 493 g/mol. The van der Waals surface area contributed by atoms with Crippen LogP contribution >= 0.6 is 36.3 Å². The summed E-state index contributed by atoms with van der Waals surface area (Å²) in [5.74, 6) is -0.0219. The van der Waals surface area contributed by atoms with Gasteiger partial charge in [-0.1, -0.05) is 54.4 Å². The number of hydrogen-bond acceptors (Lipinski definition) is 7. The van der Waals surface area contributed by atoms with Gasteiger partial charge < -0.3 is 9.62 Å². The fourth-order valence-corrected chi connectivity index (χ4v) is 5.49. The molecule has 1 N–H and O–H groups in total. The normalized spacial score (nSPS) is 16.1. The molecule has 35 heavy (non-hydrogen) atoms. The van der Waals surface area contributed by atoms with Crippen molar-refractivity contribution in [2.75, 3.05) is 29.5 Å². The third kappa shape index (κ3) is 6.07. The van der Waals surface area contributed by atoms with Gasteiger partial charge in [0.2, 0.25) is 0 Å². The van der Waals surface area contributed by atoms with Gasteiger partial charge in [0, 0.05) is 36.1 Å². The summed E-state index contributed by atoms with van der Waals surface area (Å²) in [6.45, 7) is 2.53. The van der Waals surface area contributed by atoms with Crippen LogP contribution in [-0.4, -0.2) is 35.8 Å². The van der Waals surface area contributed by atoms with Crippen LogP contribution < -0.4 is 9.62 Å². The molecule has 8 heteroatoms. The van der Waals surface area contributed by atoms with Crippen molar-refractivity contribution in [2.45, 2.75) is 18.2 Å². The molecule has 0 bridgehead atoms. The number of para-hydroxylation sites is 1. The first-order valence-electron chi connectivity index (χ1n) is 11.2. The summed E-state index contributed by atoms with van der Waals surface area (Å²) in [4.78, 5) is 23.9. The Balaban J connectivity index is 1.66. The number of amidine groups is 1. The minimum Gasteiger partial charge on any atom is -0.346 e. The molecule has 5 nitrogen and oxygen atoms in total. The van der Waals surface area contributed by atoms with Crippen LogP contribution in [0.1, 0.15) is 12.5 Å². The molecular formula is C27H28N4OS3. The zero-order chi connectivity index (χ0) is 24.8. The quantitative estimate of drug-likeness (QED) is 0.193. The van der Waals surface area contributed by atoms with Gasteiger partial charge in [0.15, 0.2) is 5.17 Å². The largest absolute Gasteiger partial charge is 0.346 e. The van der Waals surface area contributed by atoms with E-state index >= 15 is 0 Å². The minimum atomic E-state index is -0.0219. The summed E-state index contributed by atoms with van der Waals surface area (Å²) in [6.07, 6.45) is 2.74. The first kappa shape index (κ1) is 25.3. The molecule has 0 saturated carbocycles. The summed E-state index contributed by atoms with van der Waals surface area (Å²) in [7, 11) is 1.96. The van der Waals surface area contributed by atoms with Crippen LogP contribution in [-0.2, 0) is 11.2 Å². The number of benzene rings is 3. The Hall–Kier alpha value is -2.81. The maximum atomic E-state index is 13.6. The van der Waals surface area contributed by atoms with Crippen LogP contribution in [0.3, 0.4) is 0 Å². The Kier molecular flexibility index (Phi) is 8.49. The molecule has 1 saturated heterocycles. The van der Waals surface area contributed by atoms with Crippen molar-refractivity contribution in [3.8, 4) is 0 Å². The van der Waals surface area contributed by atoms with E-state index in [9.17, 15) is 4.79 Å². The second kappa shape index (κ2) is 11.7. The predicted molar refractivity (Wildman–Crippen MR) is 155 cm³/mol. The lowest BCUT2D eigenvalue weighted by molar-refractivity contribution is -0.122. The second-order valence-electron chi connectivity index (χ2n) is 8.00. The number of nitrogens with one attached hydrogen (secondary N) is 1. The maximum absolute atomic E-state index is 13.6. The lowest BCUT2D eigenvalue weighted by Crippen LogP contribution is -2.32. The number of aliphatic imine (C=N–C) groups is 1. The molecule has 0 aromatic heterocycles. The highest BCUT2D eigenvalue weighted by molar-refractivity contribution is 8.18. The van der Waals surface area contributed by atoms with Crippen molar-refractivity contribution >= 4 is 64.5 Å². The van der Waals surface area contributed by atoms with E-state index < -0.39 is 0 Å². The first-order valence-corrected chi connectivity index (χ1v) is 13.7. The number of carbonyl (C=O) groups excluding carboxylic acids is 1. The van der Waals surface area contributed by atoms with Gasteiger partial charge in [-0.25, -0.2) is 4.99 Å². The highest BCUT2D eigenvalue weighted by atomic mass is 32.2. The van der Waals surface area contributed by atoms with E-state index in [1.165, 1.54) is 17.3 Å². The number of nitrogens with zero attached hydrogens (tertiary/aromatic N) is 3. The molecule has 0 aliphatic carbocycles. The van der Waals surface area contributed by atoms with Crippen molar-refractivity contribution in [2.24, 2.45) is 4.99 Å². The van der Waals surface area contributed by atoms with Gasteiger partial charge in [0.25, 0.3) is 5.91 Å². The fourth-order valence-electron chi connectivity index (χ4n) is 3.71. The molecule has 0 spiro atoms. The van der Waals surface area contributed by atoms with Gasteiger partial charge >= 0.3 is 0 Å². The number of carbonyl (C=O) groups is 1. The summed E-state index contributed by atoms with van der Waals surface area (Å²) in [6, 6.07) is 26.0. The highest BCUT2D eigenvalue weighted by Gasteiger charge is 2.35. The molecule has 0 atom stereocenters. The van der Waals surface area contributed by atoms with Gasteiger partial charge in [-0.2, -0.15) is 0 Å². The van der Waals surface area contributed by atoms with Crippen molar-refractivity contribution in [1.29, 1.82) is 0 Å². The van der Waals surface area contributed by atoms with Gasteiger partial charge in [-0.15, -0.1) is 12.6 Å². The van der Waals surface area contributed by atoms with E-state index in [0.717, 1.165) is 34.1 Å². The lowest BCUT2D eigenvalue weighted by atomic mass is 10.1. The molecule has 0 radical (unpaired) electrons. The number of thiol groups is 1. The van der Waals surface area contributed by atoms with Gasteiger partial charge in [0.05, 0.1) is 16.3 Å². The van der Waals surface area contributed by atoms with E-state index in [2.05, 4.69) is 29.5 Å². The minimum absolute atomic E-state index is 0.0219. The number of thioether (sulfide) groups is 1. The van der Waals surface area contributed by atoms with E-state index in [0.29, 0.717) is 16.6 Å². The Morgan fingerprint density at radius 1 is 1.06 bits per heavy atom. The van der Waals surface area contributed by atoms with E-state index in [4.69, 9.17) is 4.99 Å². The SMILES string of the molecule is CSNc1ccc(N=C2S/C(=C(\C)N(C)c3ccccc3S)C(=O)N2CCc2ccccc2)cc1. The van der Waals surface area contributed by atoms with Crippen molar-refractivity contribution in [1.82, 2.24) is 4.90 Å². The van der Waals surface area contributed by atoms with Crippen LogP contribution in [0.25, 0.3) is 0 Å². The number of rotatable bonds is 8. The summed E-state index contributed by atoms with van der Waals surface area (Å²) in [5.41, 5.74) is 4.83. The number of hydrogen-bond donors (Lipinski definition) is 2. The molecule has 1 heterocycles. The average molecular weight is 521 g/mol. The molecule has 3 aromatic rings. The molecule has 1 aliphatic rings. The summed E-state index contributed by atoms with van der Waals surface area (Å²) < 4.78 is 3.22. The fraction of sp³-hybridized carbons (Fsp3) is 0.185. The van der Waals surface area contributed by atoms with Crippen LogP contribution in [0.5, 0.6) is 0 Å². The number of amides is 1. The molecule has 180 valence electrons. The first-order chi connectivity index (χ1) is 17.0. The van der Waals surface area contributed by atoms with Gasteiger partial charge in [-0.05, 0) is 67.1 Å². The molecule has 1 fully saturated rings. The second-order valence-corrected chi connectivity index (χ2v) is 10.1. The van der Waals surface area contributed by atoms with Crippen molar-refractivity contribution < 1.29 is 4.79 Å². The Morgan fingerprint density at radius 2 is 1.74 bits per heavy atom. The third-order valence-electron chi connectivity index (χ3n) is 5.72. The zero-order valence-corrected chi connectivity index (χ0v) is 22.5. The maximum Gasteiger partial charge on any atom is 0.268 e. The average Bonchev–Trinajstić information content (AvgIpc) is 3.18. The van der Waals surface area contributed by atoms with Crippen molar-refractivity contribution in [3.63, 3.8) is 0 Å². The van der Waals surface area contributed by atoms with E-state index in [-0.39, 0.29) is 5.91 Å². The molecule has 3 aromatic carbocycles. The monoisotopic (exact) mass is 520 g/mol. The van der Waals surface area contributed by atoms with Crippen LogP contribution in [0.15, 0.2) is 99.4 Å². The highest BCUT2D eigenvalue weighted by Crippen LogP contribution is 2.37. The van der Waals surface area contributed by atoms with E-state index in [1.807, 2.05) is 91.9 Å². The zero-order valence-electron chi connectivity index (χ0n) is 19.9. The predicted octanol–water partition coefficient (Wildman–Crippen LogP) is 6.84.